The van der Waals surface area contributed by atoms with Gasteiger partial charge in [0.05, 0.1) is 11.7 Å². The molecule has 1 nitrogen and oxygen atoms in total. The largest absolute Gasteiger partial charge is 0.371 e. The summed E-state index contributed by atoms with van der Waals surface area (Å²) in [5.74, 6) is 0.794. The smallest absolute Gasteiger partial charge is 0.0726 e. The van der Waals surface area contributed by atoms with Crippen LogP contribution in [0.15, 0.2) is 0 Å². The molecule has 1 aliphatic rings. The maximum atomic E-state index is 6.18. The van der Waals surface area contributed by atoms with E-state index in [1.165, 1.54) is 32.1 Å². The Morgan fingerprint density at radius 3 is 2.50 bits per heavy atom. The van der Waals surface area contributed by atoms with Crippen LogP contribution in [0.2, 0.25) is 0 Å². The van der Waals surface area contributed by atoms with Crippen LogP contribution < -0.4 is 0 Å². The molecule has 0 heterocycles. The number of hydrogen-bond donors (Lipinski definition) is 0. The summed E-state index contributed by atoms with van der Waals surface area (Å²) in [6.07, 6.45) is 7.13. The number of rotatable bonds is 4. The summed E-state index contributed by atoms with van der Waals surface area (Å²) in [5, 5.41) is 0.924. The van der Waals surface area contributed by atoms with Gasteiger partial charge in [-0.2, -0.15) is 0 Å². The zero-order valence-corrected chi connectivity index (χ0v) is 11.3. The average molecular weight is 263 g/mol. The van der Waals surface area contributed by atoms with Crippen molar-refractivity contribution in [2.75, 3.05) is 5.33 Å². The molecule has 1 fully saturated rings. The Hall–Kier alpha value is 0.440. The van der Waals surface area contributed by atoms with E-state index >= 15 is 0 Å². The van der Waals surface area contributed by atoms with E-state index in [4.69, 9.17) is 4.74 Å². The molecule has 14 heavy (non-hydrogen) atoms. The number of hydrogen-bond acceptors (Lipinski definition) is 1. The van der Waals surface area contributed by atoms with Gasteiger partial charge in [0.1, 0.15) is 0 Å². The Balaban J connectivity index is 2.48. The first-order chi connectivity index (χ1) is 6.59. The van der Waals surface area contributed by atoms with Gasteiger partial charge in [-0.1, -0.05) is 42.1 Å². The molecule has 1 aliphatic carbocycles. The van der Waals surface area contributed by atoms with Gasteiger partial charge in [-0.15, -0.1) is 0 Å². The lowest BCUT2D eigenvalue weighted by Gasteiger charge is -2.36. The molecular weight excluding hydrogens is 240 g/mol. The maximum absolute atomic E-state index is 6.18. The minimum absolute atomic E-state index is 0.00454. The van der Waals surface area contributed by atoms with Crippen LogP contribution >= 0.6 is 15.9 Å². The highest BCUT2D eigenvalue weighted by atomic mass is 79.9. The Kier molecular flexibility index (Phi) is 4.92. The lowest BCUT2D eigenvalue weighted by molar-refractivity contribution is -0.0957. The van der Waals surface area contributed by atoms with E-state index < -0.39 is 0 Å². The highest BCUT2D eigenvalue weighted by Crippen LogP contribution is 2.32. The highest BCUT2D eigenvalue weighted by Gasteiger charge is 2.29. The van der Waals surface area contributed by atoms with Gasteiger partial charge in [-0.05, 0) is 32.6 Å². The molecular formula is C12H23BrO. The first-order valence-corrected chi connectivity index (χ1v) is 6.95. The first-order valence-electron chi connectivity index (χ1n) is 5.83. The van der Waals surface area contributed by atoms with Gasteiger partial charge in [0, 0.05) is 5.33 Å². The summed E-state index contributed by atoms with van der Waals surface area (Å²) in [6, 6.07) is 0. The van der Waals surface area contributed by atoms with Crippen molar-refractivity contribution < 1.29 is 4.74 Å². The predicted octanol–water partition coefficient (Wildman–Crippen LogP) is 4.15. The van der Waals surface area contributed by atoms with Crippen LogP contribution in [0.1, 0.15) is 52.9 Å². The van der Waals surface area contributed by atoms with E-state index in [0.29, 0.717) is 6.10 Å². The van der Waals surface area contributed by atoms with Crippen LogP contribution in [0.5, 0.6) is 0 Å². The summed E-state index contributed by atoms with van der Waals surface area (Å²) in [7, 11) is 0. The van der Waals surface area contributed by atoms with Crippen LogP contribution in [-0.4, -0.2) is 17.0 Å². The van der Waals surface area contributed by atoms with Crippen LogP contribution in [0.3, 0.4) is 0 Å². The van der Waals surface area contributed by atoms with E-state index in [0.717, 1.165) is 11.2 Å². The van der Waals surface area contributed by atoms with Gasteiger partial charge in [-0.3, -0.25) is 0 Å². The first kappa shape index (κ1) is 12.5. The summed E-state index contributed by atoms with van der Waals surface area (Å²) in [5.41, 5.74) is -0.00454. The van der Waals surface area contributed by atoms with Crippen molar-refractivity contribution in [2.45, 2.75) is 64.6 Å². The molecule has 0 radical (unpaired) electrons. The fourth-order valence-corrected chi connectivity index (χ4v) is 2.37. The van der Waals surface area contributed by atoms with Crippen LogP contribution in [0, 0.1) is 5.92 Å². The third-order valence-electron chi connectivity index (χ3n) is 3.16. The zero-order valence-electron chi connectivity index (χ0n) is 9.68. The van der Waals surface area contributed by atoms with Crippen LogP contribution in [0.4, 0.5) is 0 Å². The Labute approximate surface area is 96.7 Å². The summed E-state index contributed by atoms with van der Waals surface area (Å²) in [6.45, 7) is 6.62. The molecule has 0 aliphatic heterocycles. The second-order valence-electron chi connectivity index (χ2n) is 5.00. The van der Waals surface area contributed by atoms with Gasteiger partial charge < -0.3 is 4.74 Å². The van der Waals surface area contributed by atoms with Crippen molar-refractivity contribution in [2.24, 2.45) is 5.92 Å². The Morgan fingerprint density at radius 1 is 1.29 bits per heavy atom. The second kappa shape index (κ2) is 5.50. The topological polar surface area (TPSA) is 9.23 Å². The molecule has 1 rings (SSSR count). The number of alkyl halides is 1. The number of ether oxygens (including phenoxy) is 1. The molecule has 0 aromatic heterocycles. The highest BCUT2D eigenvalue weighted by molar-refractivity contribution is 9.09. The molecule has 0 saturated heterocycles. The standard InChI is InChI=1S/C12H23BrO/c1-4-10-7-5-6-8-11(10)14-12(2,3)9-13/h10-11H,4-9H2,1-3H3. The monoisotopic (exact) mass is 262 g/mol. The van der Waals surface area contributed by atoms with E-state index in [9.17, 15) is 0 Å². The lowest BCUT2D eigenvalue weighted by Crippen LogP contribution is -2.37. The van der Waals surface area contributed by atoms with Gasteiger partial charge >= 0.3 is 0 Å². The van der Waals surface area contributed by atoms with Gasteiger partial charge in [0.2, 0.25) is 0 Å². The molecule has 2 heteroatoms. The normalized spacial score (nSPS) is 29.1. The van der Waals surface area contributed by atoms with E-state index in [1.807, 2.05) is 0 Å². The molecule has 0 amide bonds. The van der Waals surface area contributed by atoms with Crippen molar-refractivity contribution in [3.63, 3.8) is 0 Å². The van der Waals surface area contributed by atoms with E-state index in [1.54, 1.807) is 0 Å². The molecule has 0 N–H and O–H groups in total. The van der Waals surface area contributed by atoms with Crippen LogP contribution in [-0.2, 0) is 4.74 Å². The minimum atomic E-state index is -0.00454. The molecule has 0 aromatic rings. The molecule has 84 valence electrons. The zero-order chi connectivity index (χ0) is 10.6. The SMILES string of the molecule is CCC1CCCCC1OC(C)(C)CBr. The van der Waals surface area contributed by atoms with Crippen molar-refractivity contribution in [1.82, 2.24) is 0 Å². The quantitative estimate of drug-likeness (QED) is 0.692. The van der Waals surface area contributed by atoms with E-state index in [2.05, 4.69) is 36.7 Å². The fourth-order valence-electron chi connectivity index (χ4n) is 2.24. The third kappa shape index (κ3) is 3.54. The molecule has 0 bridgehead atoms. The van der Waals surface area contributed by atoms with Crippen molar-refractivity contribution in [3.8, 4) is 0 Å². The molecule has 1 saturated carbocycles. The number of halogens is 1. The van der Waals surface area contributed by atoms with Crippen molar-refractivity contribution >= 4 is 15.9 Å². The fraction of sp³-hybridized carbons (Fsp3) is 1.00. The van der Waals surface area contributed by atoms with Crippen molar-refractivity contribution in [3.05, 3.63) is 0 Å². The average Bonchev–Trinajstić information content (AvgIpc) is 2.18. The van der Waals surface area contributed by atoms with Gasteiger partial charge in [0.25, 0.3) is 0 Å². The molecule has 0 spiro atoms. The lowest BCUT2D eigenvalue weighted by atomic mass is 9.84. The van der Waals surface area contributed by atoms with E-state index in [-0.39, 0.29) is 5.60 Å². The minimum Gasteiger partial charge on any atom is -0.371 e. The Bertz CT molecular complexity index is 168. The van der Waals surface area contributed by atoms with Crippen molar-refractivity contribution in [1.29, 1.82) is 0 Å². The molecule has 2 unspecified atom stereocenters. The van der Waals surface area contributed by atoms with Gasteiger partial charge in [-0.25, -0.2) is 0 Å². The summed E-state index contributed by atoms with van der Waals surface area (Å²) in [4.78, 5) is 0. The summed E-state index contributed by atoms with van der Waals surface area (Å²) < 4.78 is 6.18. The second-order valence-corrected chi connectivity index (χ2v) is 5.56. The third-order valence-corrected chi connectivity index (χ3v) is 4.51. The Morgan fingerprint density at radius 2 is 1.93 bits per heavy atom. The van der Waals surface area contributed by atoms with Crippen LogP contribution in [0.25, 0.3) is 0 Å². The van der Waals surface area contributed by atoms with Gasteiger partial charge in [0.15, 0.2) is 0 Å². The maximum Gasteiger partial charge on any atom is 0.0726 e. The molecule has 0 aromatic carbocycles. The molecule has 2 atom stereocenters. The predicted molar refractivity (Wildman–Crippen MR) is 65.0 cm³/mol. The summed E-state index contributed by atoms with van der Waals surface area (Å²) >= 11 is 3.51.